The molecule has 47 heavy (non-hydrogen) atoms. The van der Waals surface area contributed by atoms with Gasteiger partial charge >= 0.3 is 5.97 Å². The van der Waals surface area contributed by atoms with E-state index in [1.807, 2.05) is 18.2 Å². The number of unbranched alkanes of at least 4 members (excludes halogenated alkanes) is 1. The largest absolute Gasteiger partial charge is 0.492 e. The number of hydrogen-bond donors (Lipinski definition) is 2. The number of methoxy groups -OCH3 is 3. The van der Waals surface area contributed by atoms with E-state index in [1.165, 1.54) is 33.1 Å². The van der Waals surface area contributed by atoms with Crippen molar-refractivity contribution in [2.75, 3.05) is 48.1 Å². The molecule has 3 aromatic carbocycles. The summed E-state index contributed by atoms with van der Waals surface area (Å²) in [5.74, 6) is -0.524. The number of hydrogen-bond acceptors (Lipinski definition) is 12. The van der Waals surface area contributed by atoms with Crippen molar-refractivity contribution in [1.29, 1.82) is 0 Å². The minimum atomic E-state index is -0.948. The van der Waals surface area contributed by atoms with Gasteiger partial charge in [0.05, 0.1) is 60.3 Å². The molecule has 0 saturated heterocycles. The van der Waals surface area contributed by atoms with Gasteiger partial charge in [0.2, 0.25) is 25.1 Å². The van der Waals surface area contributed by atoms with Crippen LogP contribution in [0, 0.1) is 0 Å². The molecule has 250 valence electrons. The number of fused-ring (bicyclic) bond motifs is 2. The highest BCUT2D eigenvalue weighted by Crippen LogP contribution is 2.60. The number of nitrogens with zero attached hydrogens (tertiary/aromatic N) is 1. The predicted octanol–water partition coefficient (Wildman–Crippen LogP) is 5.26. The van der Waals surface area contributed by atoms with E-state index in [2.05, 4.69) is 54.5 Å². The molecule has 0 bridgehead atoms. The molecule has 0 saturated carbocycles. The molecule has 2 N–H and O–H groups in total. The van der Waals surface area contributed by atoms with E-state index in [0.29, 0.717) is 6.61 Å². The lowest BCUT2D eigenvalue weighted by Gasteiger charge is -2.22. The first-order chi connectivity index (χ1) is 22.9. The van der Waals surface area contributed by atoms with Crippen molar-refractivity contribution in [2.45, 2.75) is 25.3 Å². The molecule has 1 unspecified atom stereocenters. The fraction of sp³-hybridized carbons (Fsp3) is 0.344. The highest BCUT2D eigenvalue weighted by Gasteiger charge is 2.41. The van der Waals surface area contributed by atoms with Crippen LogP contribution in [0.4, 0.5) is 0 Å². The number of aryl methyl sites for hydroxylation is 1. The lowest BCUT2D eigenvalue weighted by molar-refractivity contribution is 0.0599. The van der Waals surface area contributed by atoms with Crippen LogP contribution in [-0.2, 0) is 16.0 Å². The second kappa shape index (κ2) is 15.6. The third kappa shape index (κ3) is 6.92. The van der Waals surface area contributed by atoms with Crippen LogP contribution in [0.25, 0.3) is 11.1 Å². The van der Waals surface area contributed by atoms with Crippen LogP contribution >= 0.6 is 31.9 Å². The van der Waals surface area contributed by atoms with Crippen LogP contribution in [0.2, 0.25) is 0 Å². The van der Waals surface area contributed by atoms with Crippen LogP contribution in [0.15, 0.2) is 44.4 Å². The molecule has 0 radical (unpaired) electrons. The van der Waals surface area contributed by atoms with Crippen LogP contribution < -0.4 is 33.7 Å². The summed E-state index contributed by atoms with van der Waals surface area (Å²) in [6.45, 7) is -0.520. The van der Waals surface area contributed by atoms with Crippen LogP contribution in [0.1, 0.15) is 39.1 Å². The third-order valence-corrected chi connectivity index (χ3v) is 8.84. The topological polar surface area (TPSA) is 153 Å². The van der Waals surface area contributed by atoms with Gasteiger partial charge in [-0.1, -0.05) is 35.5 Å². The zero-order valence-electron chi connectivity index (χ0n) is 25.7. The Balaban J connectivity index is 1.49. The van der Waals surface area contributed by atoms with E-state index in [-0.39, 0.29) is 79.3 Å². The summed E-state index contributed by atoms with van der Waals surface area (Å²) in [7, 11) is 4.03. The van der Waals surface area contributed by atoms with E-state index in [9.17, 15) is 14.7 Å². The van der Waals surface area contributed by atoms with Crippen molar-refractivity contribution in [3.63, 3.8) is 0 Å². The zero-order chi connectivity index (χ0) is 33.5. The molecule has 3 aromatic rings. The van der Waals surface area contributed by atoms with Gasteiger partial charge in [0, 0.05) is 11.1 Å². The Kier molecular flexibility index (Phi) is 11.3. The fourth-order valence-corrected chi connectivity index (χ4v) is 6.59. The summed E-state index contributed by atoms with van der Waals surface area (Å²) < 4.78 is 39.8. The van der Waals surface area contributed by atoms with E-state index in [0.717, 1.165) is 19.3 Å². The van der Waals surface area contributed by atoms with Crippen molar-refractivity contribution in [1.82, 2.24) is 5.32 Å². The number of halogens is 2. The van der Waals surface area contributed by atoms with Gasteiger partial charge in [-0.2, -0.15) is 0 Å². The Hall–Kier alpha value is -4.21. The first-order valence-corrected chi connectivity index (χ1v) is 16.0. The highest BCUT2D eigenvalue weighted by atomic mass is 79.9. The Morgan fingerprint density at radius 1 is 0.894 bits per heavy atom. The Bertz CT molecular complexity index is 1670. The molecule has 0 aromatic heterocycles. The zero-order valence-corrected chi connectivity index (χ0v) is 28.9. The molecule has 13 nitrogen and oxygen atoms in total. The number of esters is 1. The van der Waals surface area contributed by atoms with Crippen molar-refractivity contribution in [2.24, 2.45) is 5.16 Å². The van der Waals surface area contributed by atoms with Crippen LogP contribution in [-0.4, -0.2) is 77.4 Å². The molecule has 1 atom stereocenters. The van der Waals surface area contributed by atoms with E-state index < -0.39 is 24.5 Å². The van der Waals surface area contributed by atoms with Gasteiger partial charge in [-0.25, -0.2) is 4.79 Å². The number of aliphatic hydroxyl groups is 1. The Labute approximate surface area is 287 Å². The van der Waals surface area contributed by atoms with Gasteiger partial charge in [-0.05, 0) is 56.7 Å². The Morgan fingerprint density at radius 3 is 2.04 bits per heavy atom. The Morgan fingerprint density at radius 2 is 1.47 bits per heavy atom. The molecule has 0 spiro atoms. The standard InChI is InChI=1S/C32H32Br2N2O11/c1-40-27-23(33)21(31(38)36-18(14-37)13-35-47-12-8-7-11-17-9-5-4-6-10-17)19(25-29(27)45-15-43-25)20-22(32(39)42-3)24(34)28(41-2)30-26(20)44-16-46-30/h4-6,9-10,13,18,37H,7-8,11-12,14-16H2,1-3H3,(H,36,38)/b35-13+. The lowest BCUT2D eigenvalue weighted by atomic mass is 9.91. The average Bonchev–Trinajstić information content (AvgIpc) is 3.77. The number of carbonyl (C=O) groups is 2. The SMILES string of the molecule is COC(=O)c1c(Br)c(OC)c2c(c1-c1c3c(c(OC)c(Br)c1C(=O)NC(/C=N/OCCCCc1ccccc1)CO)OCO3)OCO2. The normalized spacial score (nSPS) is 13.4. The molecule has 5 rings (SSSR count). The maximum Gasteiger partial charge on any atom is 0.339 e. The van der Waals surface area contributed by atoms with Gasteiger partial charge in [0.1, 0.15) is 6.61 Å². The fourth-order valence-electron chi connectivity index (χ4n) is 5.17. The van der Waals surface area contributed by atoms with Crippen LogP contribution in [0.5, 0.6) is 34.5 Å². The molecular formula is C32H32Br2N2O11. The van der Waals surface area contributed by atoms with Gasteiger partial charge < -0.3 is 48.4 Å². The van der Waals surface area contributed by atoms with Crippen LogP contribution in [0.3, 0.4) is 0 Å². The molecule has 2 aliphatic rings. The number of rotatable bonds is 14. The lowest BCUT2D eigenvalue weighted by Crippen LogP contribution is -2.39. The molecule has 2 heterocycles. The smallest absolute Gasteiger partial charge is 0.339 e. The number of aliphatic hydroxyl groups excluding tert-OH is 1. The molecule has 1 amide bonds. The van der Waals surface area contributed by atoms with E-state index in [4.69, 9.17) is 38.0 Å². The van der Waals surface area contributed by atoms with Gasteiger partial charge in [0.15, 0.2) is 23.0 Å². The molecule has 2 aliphatic heterocycles. The molecule has 0 aliphatic carbocycles. The maximum atomic E-state index is 14.1. The number of amides is 1. The number of ether oxygens (including phenoxy) is 7. The summed E-state index contributed by atoms with van der Waals surface area (Å²) in [5.41, 5.74) is 1.41. The van der Waals surface area contributed by atoms with Gasteiger partial charge in [0.25, 0.3) is 5.91 Å². The summed E-state index contributed by atoms with van der Waals surface area (Å²) in [6.07, 6.45) is 3.90. The number of benzene rings is 3. The van der Waals surface area contributed by atoms with Gasteiger partial charge in [-0.3, -0.25) is 4.79 Å². The third-order valence-electron chi connectivity index (χ3n) is 7.33. The summed E-state index contributed by atoms with van der Waals surface area (Å²) in [4.78, 5) is 32.8. The second-order valence-corrected chi connectivity index (χ2v) is 11.7. The van der Waals surface area contributed by atoms with E-state index in [1.54, 1.807) is 0 Å². The summed E-state index contributed by atoms with van der Waals surface area (Å²) in [6, 6.07) is 9.19. The average molecular weight is 780 g/mol. The summed E-state index contributed by atoms with van der Waals surface area (Å²) >= 11 is 6.95. The van der Waals surface area contributed by atoms with Gasteiger partial charge in [-0.15, -0.1) is 0 Å². The highest BCUT2D eigenvalue weighted by molar-refractivity contribution is 9.11. The molecule has 15 heteroatoms. The number of nitrogens with one attached hydrogen (secondary N) is 1. The van der Waals surface area contributed by atoms with Crippen molar-refractivity contribution >= 4 is 50.0 Å². The minimum Gasteiger partial charge on any atom is -0.492 e. The van der Waals surface area contributed by atoms with Crippen molar-refractivity contribution in [3.8, 4) is 45.6 Å². The maximum absolute atomic E-state index is 14.1. The first-order valence-electron chi connectivity index (χ1n) is 14.4. The quantitative estimate of drug-likeness (QED) is 0.0955. The minimum absolute atomic E-state index is 0.0281. The number of carbonyl (C=O) groups excluding carboxylic acids is 2. The summed E-state index contributed by atoms with van der Waals surface area (Å²) in [5, 5.41) is 16.8. The van der Waals surface area contributed by atoms with Crippen molar-refractivity contribution < 1.29 is 52.7 Å². The monoisotopic (exact) mass is 778 g/mol. The molecular weight excluding hydrogens is 748 g/mol. The number of oxime groups is 1. The van der Waals surface area contributed by atoms with E-state index >= 15 is 0 Å². The predicted molar refractivity (Wildman–Crippen MR) is 176 cm³/mol. The molecule has 0 fully saturated rings. The second-order valence-electron chi connectivity index (χ2n) is 10.1. The first kappa shape index (κ1) is 34.1. The van der Waals surface area contributed by atoms with Crippen molar-refractivity contribution in [3.05, 3.63) is 56.0 Å².